The van der Waals surface area contributed by atoms with E-state index in [1.165, 1.54) is 12.8 Å². The van der Waals surface area contributed by atoms with Crippen molar-refractivity contribution in [3.63, 3.8) is 0 Å². The molecule has 1 aliphatic carbocycles. The van der Waals surface area contributed by atoms with Crippen LogP contribution in [0.5, 0.6) is 0 Å². The summed E-state index contributed by atoms with van der Waals surface area (Å²) in [5, 5.41) is 0. The highest BCUT2D eigenvalue weighted by Crippen LogP contribution is 2.48. The summed E-state index contributed by atoms with van der Waals surface area (Å²) in [7, 11) is 0. The zero-order valence-corrected chi connectivity index (χ0v) is 11.7. The first-order chi connectivity index (χ1) is 6.72. The van der Waals surface area contributed by atoms with E-state index < -0.39 is 0 Å². The normalized spacial score (nSPS) is 34.3. The molecule has 0 bridgehead atoms. The third-order valence-corrected chi connectivity index (χ3v) is 3.67. The van der Waals surface area contributed by atoms with Crippen molar-refractivity contribution in [2.24, 2.45) is 23.7 Å². The minimum absolute atomic E-state index is 0.995. The van der Waals surface area contributed by atoms with Gasteiger partial charge < -0.3 is 0 Å². The van der Waals surface area contributed by atoms with Crippen molar-refractivity contribution >= 4 is 0 Å². The van der Waals surface area contributed by atoms with Crippen LogP contribution in [0.3, 0.4) is 0 Å². The maximum absolute atomic E-state index is 2.41. The average molecular weight is 200 g/mol. The van der Waals surface area contributed by atoms with Gasteiger partial charge in [0.25, 0.3) is 0 Å². The molecular formula is C14H32. The molecule has 0 heteroatoms. The highest BCUT2D eigenvalue weighted by Gasteiger charge is 2.41. The monoisotopic (exact) mass is 200 g/mol. The highest BCUT2D eigenvalue weighted by atomic mass is 14.5. The molecule has 14 heavy (non-hydrogen) atoms. The summed E-state index contributed by atoms with van der Waals surface area (Å²) >= 11 is 0. The van der Waals surface area contributed by atoms with Gasteiger partial charge in [0.05, 0.1) is 0 Å². The summed E-state index contributed by atoms with van der Waals surface area (Å²) in [5.41, 5.74) is 0. The van der Waals surface area contributed by atoms with Crippen LogP contribution in [0.1, 0.15) is 68.2 Å². The summed E-state index contributed by atoms with van der Waals surface area (Å²) in [6, 6.07) is 0. The predicted molar refractivity (Wildman–Crippen MR) is 68.6 cm³/mol. The van der Waals surface area contributed by atoms with Crippen molar-refractivity contribution in [1.29, 1.82) is 0 Å². The minimum atomic E-state index is 0.995. The molecule has 0 aromatic rings. The van der Waals surface area contributed by atoms with E-state index in [1.54, 1.807) is 0 Å². The van der Waals surface area contributed by atoms with Crippen molar-refractivity contribution in [3.8, 4) is 0 Å². The Hall–Kier alpha value is 0. The van der Waals surface area contributed by atoms with E-state index in [4.69, 9.17) is 0 Å². The molecule has 1 fully saturated rings. The summed E-state index contributed by atoms with van der Waals surface area (Å²) in [6.45, 7) is 17.5. The van der Waals surface area contributed by atoms with E-state index in [0.29, 0.717) is 0 Å². The lowest BCUT2D eigenvalue weighted by Gasteiger charge is -2.49. The molecule has 0 saturated heterocycles. The maximum atomic E-state index is 2.41. The topological polar surface area (TPSA) is 0 Å². The largest absolute Gasteiger partial charge is 0.0683 e. The second kappa shape index (κ2) is 9.55. The Morgan fingerprint density at radius 3 is 1.00 bits per heavy atom. The Labute approximate surface area is 92.5 Å². The van der Waals surface area contributed by atoms with Crippen LogP contribution in [0.2, 0.25) is 0 Å². The van der Waals surface area contributed by atoms with Crippen LogP contribution in [-0.2, 0) is 0 Å². The van der Waals surface area contributed by atoms with Crippen molar-refractivity contribution in [1.82, 2.24) is 0 Å². The number of hydrogen-bond donors (Lipinski definition) is 0. The Morgan fingerprint density at radius 1 is 0.643 bits per heavy atom. The molecule has 0 aliphatic heterocycles. The molecule has 0 N–H and O–H groups in total. The Balaban J connectivity index is 0. The van der Waals surface area contributed by atoms with Gasteiger partial charge in [-0.25, -0.2) is 0 Å². The average Bonchev–Trinajstić information content (AvgIpc) is 2.29. The molecule has 1 aliphatic rings. The standard InChI is InChI=1S/C10H20.2C2H6/c1-5-9-7(3)8(4)10(9)6-2;2*1-2/h7-10H,5-6H2,1-4H3;2*1-2H3. The van der Waals surface area contributed by atoms with Gasteiger partial charge >= 0.3 is 0 Å². The summed E-state index contributed by atoms with van der Waals surface area (Å²) in [5.74, 6) is 4.07. The van der Waals surface area contributed by atoms with Crippen LogP contribution < -0.4 is 0 Å². The van der Waals surface area contributed by atoms with E-state index in [-0.39, 0.29) is 0 Å². The molecule has 1 saturated carbocycles. The number of hydrogen-bond acceptors (Lipinski definition) is 0. The van der Waals surface area contributed by atoms with E-state index in [9.17, 15) is 0 Å². The van der Waals surface area contributed by atoms with Crippen LogP contribution >= 0.6 is 0 Å². The zero-order chi connectivity index (χ0) is 11.7. The molecule has 4 unspecified atom stereocenters. The fourth-order valence-corrected chi connectivity index (χ4v) is 2.76. The molecule has 0 aromatic heterocycles. The van der Waals surface area contributed by atoms with Gasteiger partial charge in [-0.05, 0) is 23.7 Å². The molecule has 4 atom stereocenters. The van der Waals surface area contributed by atoms with Crippen LogP contribution in [0.25, 0.3) is 0 Å². The van der Waals surface area contributed by atoms with Gasteiger partial charge in [-0.15, -0.1) is 0 Å². The second-order valence-electron chi connectivity index (χ2n) is 3.86. The molecule has 0 radical (unpaired) electrons. The lowest BCUT2D eigenvalue weighted by molar-refractivity contribution is -0.00282. The SMILES string of the molecule is CC.CC.CCC1C(C)C(C)C1CC. The first-order valence-electron chi connectivity index (χ1n) is 6.72. The van der Waals surface area contributed by atoms with Crippen molar-refractivity contribution in [2.75, 3.05) is 0 Å². The quantitative estimate of drug-likeness (QED) is 0.561. The minimum Gasteiger partial charge on any atom is -0.0683 e. The number of rotatable bonds is 2. The zero-order valence-electron chi connectivity index (χ0n) is 11.7. The van der Waals surface area contributed by atoms with Gasteiger partial charge in [-0.1, -0.05) is 68.2 Å². The van der Waals surface area contributed by atoms with Gasteiger partial charge in [0, 0.05) is 0 Å². The predicted octanol–water partition coefficient (Wildman–Crippen LogP) is 5.38. The second-order valence-corrected chi connectivity index (χ2v) is 3.86. The van der Waals surface area contributed by atoms with Gasteiger partial charge in [-0.2, -0.15) is 0 Å². The van der Waals surface area contributed by atoms with Crippen LogP contribution in [0.4, 0.5) is 0 Å². The fraction of sp³-hybridized carbons (Fsp3) is 1.00. The lowest BCUT2D eigenvalue weighted by atomic mass is 9.56. The summed E-state index contributed by atoms with van der Waals surface area (Å²) in [6.07, 6.45) is 2.79. The molecule has 88 valence electrons. The van der Waals surface area contributed by atoms with Crippen LogP contribution in [0, 0.1) is 23.7 Å². The van der Waals surface area contributed by atoms with Crippen molar-refractivity contribution in [2.45, 2.75) is 68.2 Å². The first kappa shape index (κ1) is 16.4. The van der Waals surface area contributed by atoms with Gasteiger partial charge in [0.2, 0.25) is 0 Å². The van der Waals surface area contributed by atoms with Crippen LogP contribution in [0.15, 0.2) is 0 Å². The van der Waals surface area contributed by atoms with E-state index >= 15 is 0 Å². The molecule has 0 heterocycles. The molecule has 0 aromatic carbocycles. The summed E-state index contributed by atoms with van der Waals surface area (Å²) < 4.78 is 0. The van der Waals surface area contributed by atoms with Gasteiger partial charge in [0.15, 0.2) is 0 Å². The Kier molecular flexibility index (Phi) is 11.2. The summed E-state index contributed by atoms with van der Waals surface area (Å²) in [4.78, 5) is 0. The van der Waals surface area contributed by atoms with Crippen molar-refractivity contribution < 1.29 is 0 Å². The van der Waals surface area contributed by atoms with E-state index in [0.717, 1.165) is 23.7 Å². The molecule has 0 spiro atoms. The van der Waals surface area contributed by atoms with E-state index in [1.807, 2.05) is 27.7 Å². The maximum Gasteiger partial charge on any atom is -0.0357 e. The first-order valence-corrected chi connectivity index (χ1v) is 6.72. The third kappa shape index (κ3) is 3.63. The Morgan fingerprint density at radius 2 is 0.857 bits per heavy atom. The van der Waals surface area contributed by atoms with E-state index in [2.05, 4.69) is 27.7 Å². The lowest BCUT2D eigenvalue weighted by Crippen LogP contribution is -2.42. The third-order valence-electron chi connectivity index (χ3n) is 3.67. The van der Waals surface area contributed by atoms with Crippen LogP contribution in [-0.4, -0.2) is 0 Å². The highest BCUT2D eigenvalue weighted by molar-refractivity contribution is 4.90. The molecule has 1 rings (SSSR count). The van der Waals surface area contributed by atoms with Gasteiger partial charge in [0.1, 0.15) is 0 Å². The Bertz CT molecular complexity index is 92.6. The van der Waals surface area contributed by atoms with Gasteiger partial charge in [-0.3, -0.25) is 0 Å². The fourth-order valence-electron chi connectivity index (χ4n) is 2.76. The molecule has 0 amide bonds. The molecule has 0 nitrogen and oxygen atoms in total. The molecular weight excluding hydrogens is 168 g/mol. The smallest absolute Gasteiger partial charge is 0.0357 e. The van der Waals surface area contributed by atoms with Crippen molar-refractivity contribution in [3.05, 3.63) is 0 Å².